The summed E-state index contributed by atoms with van der Waals surface area (Å²) in [7, 11) is 1.54. The van der Waals surface area contributed by atoms with Gasteiger partial charge in [0.15, 0.2) is 0 Å². The van der Waals surface area contributed by atoms with Gasteiger partial charge in [-0.1, -0.05) is 0 Å². The minimum absolute atomic E-state index is 0.0356. The summed E-state index contributed by atoms with van der Waals surface area (Å²) in [6, 6.07) is 2.93. The Morgan fingerprint density at radius 3 is 2.62 bits per heavy atom. The van der Waals surface area contributed by atoms with Crippen molar-refractivity contribution in [2.24, 2.45) is 7.05 Å². The third-order valence-electron chi connectivity index (χ3n) is 4.51. The molecule has 1 saturated carbocycles. The molecule has 10 heteroatoms. The molecule has 0 bridgehead atoms. The van der Waals surface area contributed by atoms with Crippen LogP contribution in [-0.2, 0) is 7.05 Å². The van der Waals surface area contributed by atoms with E-state index in [1.807, 2.05) is 0 Å². The van der Waals surface area contributed by atoms with Crippen LogP contribution in [0.25, 0.3) is 11.0 Å². The van der Waals surface area contributed by atoms with Gasteiger partial charge in [0.05, 0.1) is 5.39 Å². The van der Waals surface area contributed by atoms with E-state index in [1.54, 1.807) is 19.3 Å². The highest BCUT2D eigenvalue weighted by Crippen LogP contribution is 2.21. The number of hydrogen-bond donors (Lipinski definition) is 4. The van der Waals surface area contributed by atoms with E-state index in [2.05, 4.69) is 30.7 Å². The van der Waals surface area contributed by atoms with Crippen molar-refractivity contribution in [3.63, 3.8) is 0 Å². The summed E-state index contributed by atoms with van der Waals surface area (Å²) >= 11 is 0. The second-order valence-corrected chi connectivity index (χ2v) is 6.34. The van der Waals surface area contributed by atoms with Crippen LogP contribution in [0, 0.1) is 0 Å². The van der Waals surface area contributed by atoms with E-state index in [0.717, 1.165) is 0 Å². The molecule has 3 heterocycles. The number of aromatic amines is 2. The summed E-state index contributed by atoms with van der Waals surface area (Å²) < 4.78 is 1.24. The summed E-state index contributed by atoms with van der Waals surface area (Å²) in [5, 5.41) is 9.10. The monoisotopic (exact) mass is 355 g/mol. The molecule has 0 aromatic carbocycles. The first-order valence-electron chi connectivity index (χ1n) is 8.17. The maximum absolute atomic E-state index is 12.4. The quantitative estimate of drug-likeness (QED) is 0.508. The molecule has 1 aliphatic carbocycles. The minimum Gasteiger partial charge on any atom is -0.348 e. The Balaban J connectivity index is 1.32. The molecule has 10 nitrogen and oxygen atoms in total. The number of carbonyl (C=O) groups is 2. The van der Waals surface area contributed by atoms with Crippen LogP contribution in [0.15, 0.2) is 29.5 Å². The third kappa shape index (κ3) is 2.85. The maximum atomic E-state index is 12.4. The zero-order chi connectivity index (χ0) is 18.3. The number of hydrogen-bond acceptors (Lipinski definition) is 5. The summed E-state index contributed by atoms with van der Waals surface area (Å²) in [6.45, 7) is 0. The fourth-order valence-electron chi connectivity index (χ4n) is 3.03. The largest absolute Gasteiger partial charge is 0.348 e. The van der Waals surface area contributed by atoms with Gasteiger partial charge in [0, 0.05) is 31.4 Å². The Bertz CT molecular complexity index is 1040. The SMILES string of the molecule is Cn1[nH]c(C(=O)NC2CC(NC(=O)c3ncnc4[nH]ccc34)C2)cc1=O. The van der Waals surface area contributed by atoms with Crippen LogP contribution in [0.3, 0.4) is 0 Å². The van der Waals surface area contributed by atoms with Crippen molar-refractivity contribution < 1.29 is 9.59 Å². The number of aromatic nitrogens is 5. The van der Waals surface area contributed by atoms with Gasteiger partial charge in [-0.3, -0.25) is 24.2 Å². The van der Waals surface area contributed by atoms with Gasteiger partial charge in [-0.15, -0.1) is 0 Å². The van der Waals surface area contributed by atoms with E-state index >= 15 is 0 Å². The number of rotatable bonds is 4. The first kappa shape index (κ1) is 16.1. The lowest BCUT2D eigenvalue weighted by Gasteiger charge is -2.36. The van der Waals surface area contributed by atoms with Gasteiger partial charge in [-0.05, 0) is 18.9 Å². The molecule has 0 spiro atoms. The van der Waals surface area contributed by atoms with Gasteiger partial charge in [-0.2, -0.15) is 0 Å². The van der Waals surface area contributed by atoms with E-state index in [9.17, 15) is 14.4 Å². The van der Waals surface area contributed by atoms with Crippen molar-refractivity contribution >= 4 is 22.8 Å². The van der Waals surface area contributed by atoms with E-state index in [0.29, 0.717) is 29.6 Å². The van der Waals surface area contributed by atoms with Crippen molar-refractivity contribution in [3.05, 3.63) is 46.4 Å². The van der Waals surface area contributed by atoms with Crippen molar-refractivity contribution in [3.8, 4) is 0 Å². The van der Waals surface area contributed by atoms with Crippen LogP contribution in [0.4, 0.5) is 0 Å². The summed E-state index contributed by atoms with van der Waals surface area (Å²) in [5.41, 5.74) is 0.891. The molecular formula is C16H17N7O3. The van der Waals surface area contributed by atoms with Crippen molar-refractivity contribution in [1.82, 2.24) is 35.4 Å². The summed E-state index contributed by atoms with van der Waals surface area (Å²) in [5.74, 6) is -0.596. The predicted molar refractivity (Wildman–Crippen MR) is 91.7 cm³/mol. The lowest BCUT2D eigenvalue weighted by molar-refractivity contribution is 0.0857. The molecule has 0 radical (unpaired) electrons. The molecular weight excluding hydrogens is 338 g/mol. The number of carbonyl (C=O) groups excluding carboxylic acids is 2. The van der Waals surface area contributed by atoms with Gasteiger partial charge in [0.25, 0.3) is 17.4 Å². The topological polar surface area (TPSA) is 138 Å². The average Bonchev–Trinajstić information content (AvgIpc) is 3.19. The highest BCUT2D eigenvalue weighted by molar-refractivity contribution is 6.03. The molecule has 3 aromatic rings. The molecule has 0 atom stereocenters. The molecule has 0 unspecified atom stereocenters. The van der Waals surface area contributed by atoms with Crippen LogP contribution in [0.1, 0.15) is 33.8 Å². The van der Waals surface area contributed by atoms with E-state index in [-0.39, 0.29) is 35.2 Å². The zero-order valence-electron chi connectivity index (χ0n) is 13.9. The number of H-pyrrole nitrogens is 2. The second-order valence-electron chi connectivity index (χ2n) is 6.34. The van der Waals surface area contributed by atoms with Gasteiger partial charge in [-0.25, -0.2) is 9.97 Å². The number of nitrogens with one attached hydrogen (secondary N) is 4. The van der Waals surface area contributed by atoms with Crippen molar-refractivity contribution in [2.75, 3.05) is 0 Å². The number of nitrogens with zero attached hydrogens (tertiary/aromatic N) is 3. The van der Waals surface area contributed by atoms with Crippen LogP contribution in [0.5, 0.6) is 0 Å². The average molecular weight is 355 g/mol. The third-order valence-corrected chi connectivity index (χ3v) is 4.51. The van der Waals surface area contributed by atoms with E-state index < -0.39 is 0 Å². The Hall–Kier alpha value is -3.43. The van der Waals surface area contributed by atoms with Crippen molar-refractivity contribution in [2.45, 2.75) is 24.9 Å². The normalized spacial score (nSPS) is 19.1. The van der Waals surface area contributed by atoms with E-state index in [1.165, 1.54) is 17.1 Å². The Morgan fingerprint density at radius 2 is 1.92 bits per heavy atom. The maximum Gasteiger partial charge on any atom is 0.270 e. The molecule has 0 aliphatic heterocycles. The predicted octanol–water partition coefficient (Wildman–Crippen LogP) is -0.324. The zero-order valence-corrected chi connectivity index (χ0v) is 13.9. The summed E-state index contributed by atoms with van der Waals surface area (Å²) in [4.78, 5) is 46.9. The molecule has 0 saturated heterocycles. The van der Waals surface area contributed by atoms with E-state index in [4.69, 9.17) is 0 Å². The number of fused-ring (bicyclic) bond motifs is 1. The molecule has 26 heavy (non-hydrogen) atoms. The molecule has 1 fully saturated rings. The Labute approximate surface area is 147 Å². The van der Waals surface area contributed by atoms with Crippen LogP contribution in [0.2, 0.25) is 0 Å². The molecule has 2 amide bonds. The minimum atomic E-state index is -0.331. The van der Waals surface area contributed by atoms with Crippen molar-refractivity contribution in [1.29, 1.82) is 0 Å². The standard InChI is InChI=1S/C16H17N7O3/c1-23-12(24)6-11(22-23)15(25)20-8-4-9(5-8)21-16(26)13-10-2-3-17-14(10)19-7-18-13/h2-3,6-9,22H,4-5H2,1H3,(H,20,25)(H,21,26)(H,17,18,19). The van der Waals surface area contributed by atoms with Crippen LogP contribution >= 0.6 is 0 Å². The van der Waals surface area contributed by atoms with Crippen LogP contribution in [-0.4, -0.2) is 48.6 Å². The molecule has 4 rings (SSSR count). The summed E-state index contributed by atoms with van der Waals surface area (Å²) in [6.07, 6.45) is 4.29. The molecule has 1 aliphatic rings. The Kier molecular flexibility index (Phi) is 3.79. The molecule has 134 valence electrons. The van der Waals surface area contributed by atoms with Crippen LogP contribution < -0.4 is 16.2 Å². The fourth-order valence-corrected chi connectivity index (χ4v) is 3.03. The molecule has 4 N–H and O–H groups in total. The highest BCUT2D eigenvalue weighted by Gasteiger charge is 2.32. The number of aryl methyl sites for hydroxylation is 1. The Morgan fingerprint density at radius 1 is 1.19 bits per heavy atom. The lowest BCUT2D eigenvalue weighted by atomic mass is 9.86. The molecule has 3 aromatic heterocycles. The lowest BCUT2D eigenvalue weighted by Crippen LogP contribution is -2.53. The first-order chi connectivity index (χ1) is 12.5. The second kappa shape index (κ2) is 6.14. The number of amides is 2. The van der Waals surface area contributed by atoms with Gasteiger partial charge >= 0.3 is 0 Å². The van der Waals surface area contributed by atoms with Gasteiger partial charge in [0.1, 0.15) is 23.4 Å². The highest BCUT2D eigenvalue weighted by atomic mass is 16.2. The van der Waals surface area contributed by atoms with Gasteiger partial charge < -0.3 is 15.6 Å². The fraction of sp³-hybridized carbons (Fsp3) is 0.312. The smallest absolute Gasteiger partial charge is 0.270 e. The first-order valence-corrected chi connectivity index (χ1v) is 8.17. The van der Waals surface area contributed by atoms with Gasteiger partial charge in [0.2, 0.25) is 0 Å².